The van der Waals surface area contributed by atoms with E-state index in [1.54, 1.807) is 24.1 Å². The van der Waals surface area contributed by atoms with Gasteiger partial charge in [-0.1, -0.05) is 0 Å². The Labute approximate surface area is 133 Å². The number of nitriles is 1. The molecule has 2 aromatic carbocycles. The highest BCUT2D eigenvalue weighted by molar-refractivity contribution is 6.06. The number of phenolic OH excluding ortho intramolecular Hbond substituents is 2. The first-order valence-electron chi connectivity index (χ1n) is 6.74. The molecule has 0 aliphatic rings. The Morgan fingerprint density at radius 1 is 1.09 bits per heavy atom. The summed E-state index contributed by atoms with van der Waals surface area (Å²) in [6.45, 7) is 0. The molecule has 3 N–H and O–H groups in total. The third-order valence-electron chi connectivity index (χ3n) is 3.07. The summed E-state index contributed by atoms with van der Waals surface area (Å²) in [5.74, 6) is -0.327. The van der Waals surface area contributed by atoms with Gasteiger partial charge < -0.3 is 20.4 Å². The van der Waals surface area contributed by atoms with Gasteiger partial charge in [-0.05, 0) is 48.5 Å². The van der Waals surface area contributed by atoms with Crippen LogP contribution in [0.2, 0.25) is 0 Å². The predicted octanol–water partition coefficient (Wildman–Crippen LogP) is 2.58. The van der Waals surface area contributed by atoms with Crippen LogP contribution in [0.3, 0.4) is 0 Å². The Balaban J connectivity index is 2.14. The molecule has 116 valence electrons. The van der Waals surface area contributed by atoms with E-state index < -0.39 is 5.91 Å². The molecule has 0 fully saturated rings. The lowest BCUT2D eigenvalue weighted by Crippen LogP contribution is -2.17. The highest BCUT2D eigenvalue weighted by Crippen LogP contribution is 2.19. The van der Waals surface area contributed by atoms with Crippen LogP contribution < -0.4 is 10.2 Å². The second-order valence-electron chi connectivity index (χ2n) is 4.78. The van der Waals surface area contributed by atoms with Gasteiger partial charge in [0.05, 0.1) is 0 Å². The van der Waals surface area contributed by atoms with Gasteiger partial charge in [-0.2, -0.15) is 5.26 Å². The Morgan fingerprint density at radius 2 is 1.61 bits per heavy atom. The van der Waals surface area contributed by atoms with Crippen molar-refractivity contribution in [3.63, 3.8) is 0 Å². The number of anilines is 2. The van der Waals surface area contributed by atoms with E-state index in [1.165, 1.54) is 42.6 Å². The minimum Gasteiger partial charge on any atom is -0.508 e. The van der Waals surface area contributed by atoms with Gasteiger partial charge in [0.2, 0.25) is 0 Å². The lowest BCUT2D eigenvalue weighted by Gasteiger charge is -2.15. The number of benzene rings is 2. The van der Waals surface area contributed by atoms with Crippen molar-refractivity contribution in [1.29, 1.82) is 5.26 Å². The summed E-state index contributed by atoms with van der Waals surface area (Å²) in [7, 11) is 1.69. The molecule has 6 nitrogen and oxygen atoms in total. The van der Waals surface area contributed by atoms with Crippen LogP contribution in [0.15, 0.2) is 60.3 Å². The fraction of sp³-hybridized carbons (Fsp3) is 0.0588. The summed E-state index contributed by atoms with van der Waals surface area (Å²) in [4.78, 5) is 13.7. The molecule has 0 saturated heterocycles. The van der Waals surface area contributed by atoms with Gasteiger partial charge in [0.25, 0.3) is 5.91 Å². The molecule has 0 saturated carbocycles. The zero-order valence-corrected chi connectivity index (χ0v) is 12.4. The molecule has 1 amide bonds. The van der Waals surface area contributed by atoms with Crippen LogP contribution in [-0.4, -0.2) is 23.2 Å². The second-order valence-corrected chi connectivity index (χ2v) is 4.78. The molecule has 0 radical (unpaired) electrons. The first-order chi connectivity index (χ1) is 11.0. The molecule has 2 rings (SSSR count). The van der Waals surface area contributed by atoms with Gasteiger partial charge in [0.1, 0.15) is 23.1 Å². The van der Waals surface area contributed by atoms with Crippen molar-refractivity contribution in [3.8, 4) is 17.6 Å². The Kier molecular flexibility index (Phi) is 4.85. The summed E-state index contributed by atoms with van der Waals surface area (Å²) in [5.41, 5.74) is 1.11. The summed E-state index contributed by atoms with van der Waals surface area (Å²) >= 11 is 0. The Bertz CT molecular complexity index is 759. The average Bonchev–Trinajstić information content (AvgIpc) is 2.55. The number of nitrogens with one attached hydrogen (secondary N) is 1. The van der Waals surface area contributed by atoms with Crippen molar-refractivity contribution in [3.05, 3.63) is 60.3 Å². The topological polar surface area (TPSA) is 96.6 Å². The van der Waals surface area contributed by atoms with Gasteiger partial charge in [-0.25, -0.2) is 0 Å². The number of hydrogen-bond donors (Lipinski definition) is 3. The molecule has 0 heterocycles. The number of nitrogens with zero attached hydrogens (tertiary/aromatic N) is 2. The van der Waals surface area contributed by atoms with E-state index in [9.17, 15) is 20.3 Å². The third kappa shape index (κ3) is 4.25. The van der Waals surface area contributed by atoms with E-state index in [2.05, 4.69) is 5.32 Å². The molecule has 23 heavy (non-hydrogen) atoms. The normalized spacial score (nSPS) is 10.7. The number of amides is 1. The zero-order chi connectivity index (χ0) is 16.8. The van der Waals surface area contributed by atoms with Crippen LogP contribution in [0.5, 0.6) is 11.5 Å². The summed E-state index contributed by atoms with van der Waals surface area (Å²) in [6, 6.07) is 14.2. The van der Waals surface area contributed by atoms with E-state index >= 15 is 0 Å². The maximum atomic E-state index is 12.1. The van der Waals surface area contributed by atoms with Gasteiger partial charge >= 0.3 is 0 Å². The number of rotatable bonds is 4. The van der Waals surface area contributed by atoms with E-state index in [0.717, 1.165) is 0 Å². The zero-order valence-electron chi connectivity index (χ0n) is 12.4. The van der Waals surface area contributed by atoms with Crippen molar-refractivity contribution in [1.82, 2.24) is 0 Å². The molecular weight excluding hydrogens is 294 g/mol. The van der Waals surface area contributed by atoms with Crippen molar-refractivity contribution < 1.29 is 15.0 Å². The van der Waals surface area contributed by atoms with Crippen molar-refractivity contribution in [2.45, 2.75) is 0 Å². The second kappa shape index (κ2) is 7.00. The van der Waals surface area contributed by atoms with Gasteiger partial charge in [0, 0.05) is 24.6 Å². The molecule has 0 aromatic heterocycles. The van der Waals surface area contributed by atoms with Gasteiger partial charge in [0.15, 0.2) is 0 Å². The molecule has 0 aliphatic carbocycles. The molecular formula is C17H15N3O3. The largest absolute Gasteiger partial charge is 0.508 e. The highest BCUT2D eigenvalue weighted by Gasteiger charge is 2.11. The third-order valence-corrected chi connectivity index (χ3v) is 3.07. The smallest absolute Gasteiger partial charge is 0.267 e. The lowest BCUT2D eigenvalue weighted by atomic mass is 10.2. The van der Waals surface area contributed by atoms with Gasteiger partial charge in [-0.3, -0.25) is 4.79 Å². The molecule has 6 heteroatoms. The van der Waals surface area contributed by atoms with E-state index in [4.69, 9.17) is 0 Å². The standard InChI is InChI=1S/C17H15N3O3/c1-20(14-4-8-16(22)9-5-14)11-12(10-18)17(23)19-13-2-6-15(21)7-3-13/h2-9,11,21-22H,1H3,(H,19,23)/b12-11-. The number of phenols is 2. The van der Waals surface area contributed by atoms with Crippen LogP contribution in [0, 0.1) is 11.3 Å². The molecule has 0 unspecified atom stereocenters. The van der Waals surface area contributed by atoms with E-state index in [-0.39, 0.29) is 17.1 Å². The minimum absolute atomic E-state index is 0.0753. The summed E-state index contributed by atoms with van der Waals surface area (Å²) in [6.07, 6.45) is 1.40. The molecule has 0 bridgehead atoms. The first kappa shape index (κ1) is 15.9. The molecule has 2 aromatic rings. The van der Waals surface area contributed by atoms with Crippen LogP contribution in [0.1, 0.15) is 0 Å². The highest BCUT2D eigenvalue weighted by atomic mass is 16.3. The average molecular weight is 309 g/mol. The maximum Gasteiger partial charge on any atom is 0.267 e. The Morgan fingerprint density at radius 3 is 2.13 bits per heavy atom. The molecule has 0 spiro atoms. The first-order valence-corrected chi connectivity index (χ1v) is 6.74. The fourth-order valence-corrected chi connectivity index (χ4v) is 1.84. The lowest BCUT2D eigenvalue weighted by molar-refractivity contribution is -0.112. The van der Waals surface area contributed by atoms with Gasteiger partial charge in [-0.15, -0.1) is 0 Å². The quantitative estimate of drug-likeness (QED) is 0.458. The van der Waals surface area contributed by atoms with Crippen LogP contribution in [0.4, 0.5) is 11.4 Å². The molecule has 0 aliphatic heterocycles. The maximum absolute atomic E-state index is 12.1. The van der Waals surface area contributed by atoms with Crippen molar-refractivity contribution in [2.24, 2.45) is 0 Å². The van der Waals surface area contributed by atoms with E-state index in [1.807, 2.05) is 6.07 Å². The molecule has 0 atom stereocenters. The van der Waals surface area contributed by atoms with Crippen LogP contribution in [0.25, 0.3) is 0 Å². The SMILES string of the molecule is CN(/C=C(/C#N)C(=O)Nc1ccc(O)cc1)c1ccc(O)cc1. The monoisotopic (exact) mass is 309 g/mol. The Hall–Kier alpha value is -3.46. The fourth-order valence-electron chi connectivity index (χ4n) is 1.84. The summed E-state index contributed by atoms with van der Waals surface area (Å²) < 4.78 is 0. The summed E-state index contributed by atoms with van der Waals surface area (Å²) in [5, 5.41) is 30.2. The minimum atomic E-state index is -0.552. The number of carbonyl (C=O) groups excluding carboxylic acids is 1. The predicted molar refractivity (Wildman–Crippen MR) is 86.9 cm³/mol. The van der Waals surface area contributed by atoms with E-state index in [0.29, 0.717) is 11.4 Å². The number of aromatic hydroxyl groups is 2. The van der Waals surface area contributed by atoms with Crippen LogP contribution >= 0.6 is 0 Å². The van der Waals surface area contributed by atoms with Crippen LogP contribution in [-0.2, 0) is 4.79 Å². The van der Waals surface area contributed by atoms with Crippen molar-refractivity contribution >= 4 is 17.3 Å². The number of hydrogen-bond acceptors (Lipinski definition) is 5. The van der Waals surface area contributed by atoms with Crippen molar-refractivity contribution in [2.75, 3.05) is 17.3 Å². The number of carbonyl (C=O) groups is 1.